The van der Waals surface area contributed by atoms with Gasteiger partial charge in [0.1, 0.15) is 5.56 Å². The number of amides is 1. The second-order valence-electron chi connectivity index (χ2n) is 6.99. The number of rotatable bonds is 4. The van der Waals surface area contributed by atoms with Crippen molar-refractivity contribution in [1.82, 2.24) is 14.5 Å². The Hall–Kier alpha value is -2.47. The van der Waals surface area contributed by atoms with Gasteiger partial charge in [-0.3, -0.25) is 14.6 Å². The zero-order valence-corrected chi connectivity index (χ0v) is 15.5. The topological polar surface area (TPSA) is 75.4 Å². The molecule has 6 heteroatoms. The minimum Gasteiger partial charge on any atom is -0.391 e. The third-order valence-electron chi connectivity index (χ3n) is 5.18. The molecule has 6 nitrogen and oxygen atoms in total. The van der Waals surface area contributed by atoms with E-state index in [9.17, 15) is 14.7 Å². The van der Waals surface area contributed by atoms with Gasteiger partial charge in [0.25, 0.3) is 11.5 Å². The summed E-state index contributed by atoms with van der Waals surface area (Å²) in [6.07, 6.45) is 3.54. The number of aryl methyl sites for hydroxylation is 2. The molecule has 1 saturated heterocycles. The highest BCUT2D eigenvalue weighted by Gasteiger charge is 2.35. The Kier molecular flexibility index (Phi) is 5.23. The van der Waals surface area contributed by atoms with E-state index in [2.05, 4.69) is 4.98 Å². The summed E-state index contributed by atoms with van der Waals surface area (Å²) in [4.78, 5) is 31.4. The summed E-state index contributed by atoms with van der Waals surface area (Å²) in [5, 5.41) is 10.4. The van der Waals surface area contributed by atoms with Gasteiger partial charge in [-0.2, -0.15) is 0 Å². The van der Waals surface area contributed by atoms with Crippen LogP contribution in [-0.4, -0.2) is 44.7 Å². The summed E-state index contributed by atoms with van der Waals surface area (Å²) >= 11 is 0. The standard InChI is InChI=1S/C20H25N3O3/c1-4-23-14(3)9-13(2)18(20(23)26)19(25)22-11-16(17(24)12-22)10-15-5-7-21-8-6-15/h5-9,16-17,24H,4,10-12H2,1-3H3/t16-,17+/m1/s1. The van der Waals surface area contributed by atoms with Gasteiger partial charge in [0, 0.05) is 43.6 Å². The minimum absolute atomic E-state index is 0.0412. The van der Waals surface area contributed by atoms with Crippen LogP contribution in [0.5, 0.6) is 0 Å². The van der Waals surface area contributed by atoms with E-state index in [0.29, 0.717) is 25.1 Å². The summed E-state index contributed by atoms with van der Waals surface area (Å²) < 4.78 is 1.61. The predicted molar refractivity (Wildman–Crippen MR) is 99.2 cm³/mol. The molecule has 3 rings (SSSR count). The number of hydrogen-bond acceptors (Lipinski definition) is 4. The number of carbonyl (C=O) groups is 1. The molecule has 0 aromatic carbocycles. The third kappa shape index (κ3) is 3.42. The molecule has 0 unspecified atom stereocenters. The highest BCUT2D eigenvalue weighted by molar-refractivity contribution is 5.95. The van der Waals surface area contributed by atoms with Crippen molar-refractivity contribution in [2.45, 2.75) is 39.8 Å². The number of nitrogens with zero attached hydrogens (tertiary/aromatic N) is 3. The quantitative estimate of drug-likeness (QED) is 0.903. The largest absolute Gasteiger partial charge is 0.391 e. The van der Waals surface area contributed by atoms with Crippen LogP contribution >= 0.6 is 0 Å². The van der Waals surface area contributed by atoms with Crippen LogP contribution < -0.4 is 5.56 Å². The average molecular weight is 355 g/mol. The third-order valence-corrected chi connectivity index (χ3v) is 5.18. The highest BCUT2D eigenvalue weighted by atomic mass is 16.3. The van der Waals surface area contributed by atoms with Crippen molar-refractivity contribution in [2.24, 2.45) is 5.92 Å². The first-order valence-corrected chi connectivity index (χ1v) is 8.99. The number of aromatic nitrogens is 2. The zero-order chi connectivity index (χ0) is 18.8. The number of aliphatic hydroxyl groups excluding tert-OH is 1. The number of β-amino-alcohol motifs (C(OH)–C–C–N with tert-alkyl or cyclic N) is 1. The van der Waals surface area contributed by atoms with Crippen molar-refractivity contribution in [2.75, 3.05) is 13.1 Å². The molecule has 138 valence electrons. The summed E-state index contributed by atoms with van der Waals surface area (Å²) in [5.41, 5.74) is 2.59. The van der Waals surface area contributed by atoms with Crippen LogP contribution in [0.4, 0.5) is 0 Å². The van der Waals surface area contributed by atoms with Crippen molar-refractivity contribution in [3.63, 3.8) is 0 Å². The molecule has 2 aromatic heterocycles. The second kappa shape index (κ2) is 7.41. The summed E-state index contributed by atoms with van der Waals surface area (Å²) in [6, 6.07) is 5.71. The van der Waals surface area contributed by atoms with Crippen molar-refractivity contribution >= 4 is 5.91 Å². The van der Waals surface area contributed by atoms with Gasteiger partial charge in [0.05, 0.1) is 6.10 Å². The molecule has 2 atom stereocenters. The molecule has 1 aliphatic heterocycles. The number of pyridine rings is 2. The van der Waals surface area contributed by atoms with Gasteiger partial charge in [-0.1, -0.05) is 0 Å². The molecular weight excluding hydrogens is 330 g/mol. The molecule has 3 heterocycles. The van der Waals surface area contributed by atoms with E-state index in [1.54, 1.807) is 28.8 Å². The van der Waals surface area contributed by atoms with E-state index in [1.165, 1.54) is 0 Å². The summed E-state index contributed by atoms with van der Waals surface area (Å²) in [7, 11) is 0. The van der Waals surface area contributed by atoms with Gasteiger partial charge in [-0.25, -0.2) is 0 Å². The van der Waals surface area contributed by atoms with Gasteiger partial charge < -0.3 is 14.6 Å². The normalized spacial score (nSPS) is 19.8. The lowest BCUT2D eigenvalue weighted by Crippen LogP contribution is -2.37. The molecule has 1 fully saturated rings. The first-order chi connectivity index (χ1) is 12.4. The molecule has 1 aliphatic rings. The van der Waals surface area contributed by atoms with Crippen LogP contribution in [0.3, 0.4) is 0 Å². The van der Waals surface area contributed by atoms with Crippen LogP contribution in [0, 0.1) is 19.8 Å². The van der Waals surface area contributed by atoms with Crippen LogP contribution in [0.1, 0.15) is 34.1 Å². The number of hydrogen-bond donors (Lipinski definition) is 1. The average Bonchev–Trinajstić information content (AvgIpc) is 2.96. The Morgan fingerprint density at radius 2 is 1.96 bits per heavy atom. The van der Waals surface area contributed by atoms with Crippen molar-refractivity contribution in [3.8, 4) is 0 Å². The number of carbonyl (C=O) groups excluding carboxylic acids is 1. The molecule has 0 saturated carbocycles. The fourth-order valence-corrected chi connectivity index (χ4v) is 3.78. The smallest absolute Gasteiger partial charge is 0.263 e. The molecule has 1 N–H and O–H groups in total. The molecule has 1 amide bonds. The van der Waals surface area contributed by atoms with Gasteiger partial charge in [-0.05, 0) is 56.5 Å². The number of likely N-dealkylation sites (tertiary alicyclic amines) is 1. The van der Waals surface area contributed by atoms with Crippen LogP contribution in [0.25, 0.3) is 0 Å². The van der Waals surface area contributed by atoms with E-state index >= 15 is 0 Å². The molecule has 2 aromatic rings. The van der Waals surface area contributed by atoms with Crippen LogP contribution in [0.15, 0.2) is 35.4 Å². The first kappa shape index (κ1) is 18.3. The molecule has 26 heavy (non-hydrogen) atoms. The maximum Gasteiger partial charge on any atom is 0.263 e. The maximum atomic E-state index is 13.0. The Balaban J connectivity index is 1.83. The minimum atomic E-state index is -0.591. The Labute approximate surface area is 153 Å². The maximum absolute atomic E-state index is 13.0. The molecular formula is C20H25N3O3. The van der Waals surface area contributed by atoms with E-state index in [-0.39, 0.29) is 29.5 Å². The van der Waals surface area contributed by atoms with Gasteiger partial charge in [-0.15, -0.1) is 0 Å². The molecule has 0 aliphatic carbocycles. The van der Waals surface area contributed by atoms with Crippen LogP contribution in [-0.2, 0) is 13.0 Å². The predicted octanol–water partition coefficient (Wildman–Crippen LogP) is 1.56. The van der Waals surface area contributed by atoms with E-state index in [4.69, 9.17) is 0 Å². The Morgan fingerprint density at radius 3 is 2.62 bits per heavy atom. The SMILES string of the molecule is CCn1c(C)cc(C)c(C(=O)N2C[C@@H](Cc3ccncc3)[C@@H](O)C2)c1=O. The van der Waals surface area contributed by atoms with E-state index in [1.807, 2.05) is 32.0 Å². The van der Waals surface area contributed by atoms with Crippen molar-refractivity contribution in [1.29, 1.82) is 0 Å². The summed E-state index contributed by atoms with van der Waals surface area (Å²) in [5.74, 6) is -0.327. The number of aliphatic hydroxyl groups is 1. The van der Waals surface area contributed by atoms with Gasteiger partial charge >= 0.3 is 0 Å². The Bertz CT molecular complexity index is 861. The highest BCUT2D eigenvalue weighted by Crippen LogP contribution is 2.23. The Morgan fingerprint density at radius 1 is 1.27 bits per heavy atom. The second-order valence-corrected chi connectivity index (χ2v) is 6.99. The summed E-state index contributed by atoms with van der Waals surface area (Å²) in [6.45, 7) is 6.79. The monoisotopic (exact) mass is 355 g/mol. The molecule has 0 bridgehead atoms. The fourth-order valence-electron chi connectivity index (χ4n) is 3.78. The fraction of sp³-hybridized carbons (Fsp3) is 0.450. The van der Waals surface area contributed by atoms with Crippen molar-refractivity contribution in [3.05, 3.63) is 63.3 Å². The van der Waals surface area contributed by atoms with Crippen LogP contribution in [0.2, 0.25) is 0 Å². The first-order valence-electron chi connectivity index (χ1n) is 8.99. The lowest BCUT2D eigenvalue weighted by atomic mass is 9.97. The molecule has 0 radical (unpaired) electrons. The van der Waals surface area contributed by atoms with Crippen molar-refractivity contribution < 1.29 is 9.90 Å². The van der Waals surface area contributed by atoms with Gasteiger partial charge in [0.2, 0.25) is 0 Å². The van der Waals surface area contributed by atoms with Gasteiger partial charge in [0.15, 0.2) is 0 Å². The lowest BCUT2D eigenvalue weighted by molar-refractivity contribution is 0.0761. The van der Waals surface area contributed by atoms with E-state index in [0.717, 1.165) is 11.3 Å². The zero-order valence-electron chi connectivity index (χ0n) is 15.5. The van der Waals surface area contributed by atoms with E-state index < -0.39 is 6.10 Å². The molecule has 0 spiro atoms. The lowest BCUT2D eigenvalue weighted by Gasteiger charge is -2.19.